The van der Waals surface area contributed by atoms with E-state index in [1.165, 1.54) is 5.56 Å². The molecule has 2 heterocycles. The van der Waals surface area contributed by atoms with Crippen molar-refractivity contribution in [1.29, 1.82) is 0 Å². The number of aryl methyl sites for hydroxylation is 1. The highest BCUT2D eigenvalue weighted by molar-refractivity contribution is 6.21. The molecule has 2 unspecified atom stereocenters. The first-order chi connectivity index (χ1) is 6.66. The van der Waals surface area contributed by atoms with Gasteiger partial charge in [-0.05, 0) is 30.5 Å². The average molecular weight is 211 g/mol. The standard InChI is InChI=1S/C11H15ClN2/c1-8-3-4-13-11(5-8)14-6-9(2)10(12)7-14/h3-5,9-10H,6-7H2,1-2H3. The van der Waals surface area contributed by atoms with Crippen LogP contribution in [0.3, 0.4) is 0 Å². The van der Waals surface area contributed by atoms with Crippen LogP contribution in [0, 0.1) is 12.8 Å². The highest BCUT2D eigenvalue weighted by Crippen LogP contribution is 2.25. The maximum Gasteiger partial charge on any atom is 0.128 e. The van der Waals surface area contributed by atoms with Gasteiger partial charge in [0, 0.05) is 19.3 Å². The number of hydrogen-bond acceptors (Lipinski definition) is 2. The Labute approximate surface area is 89.9 Å². The molecule has 0 amide bonds. The minimum Gasteiger partial charge on any atom is -0.355 e. The first-order valence-electron chi connectivity index (χ1n) is 4.98. The molecule has 76 valence electrons. The third-order valence-electron chi connectivity index (χ3n) is 2.75. The molecule has 0 aromatic carbocycles. The summed E-state index contributed by atoms with van der Waals surface area (Å²) in [6.45, 7) is 6.21. The van der Waals surface area contributed by atoms with Gasteiger partial charge >= 0.3 is 0 Å². The smallest absolute Gasteiger partial charge is 0.128 e. The fraction of sp³-hybridized carbons (Fsp3) is 0.545. The van der Waals surface area contributed by atoms with Crippen LogP contribution in [0.5, 0.6) is 0 Å². The molecule has 1 fully saturated rings. The largest absolute Gasteiger partial charge is 0.355 e. The van der Waals surface area contributed by atoms with Crippen molar-refractivity contribution in [2.75, 3.05) is 18.0 Å². The zero-order chi connectivity index (χ0) is 10.1. The van der Waals surface area contributed by atoms with E-state index in [1.54, 1.807) is 0 Å². The number of hydrogen-bond donors (Lipinski definition) is 0. The third kappa shape index (κ3) is 1.85. The number of alkyl halides is 1. The molecule has 1 aliphatic heterocycles. The van der Waals surface area contributed by atoms with Crippen LogP contribution < -0.4 is 4.90 Å². The molecule has 0 saturated carbocycles. The molecule has 0 radical (unpaired) electrons. The van der Waals surface area contributed by atoms with Crippen molar-refractivity contribution in [3.63, 3.8) is 0 Å². The summed E-state index contributed by atoms with van der Waals surface area (Å²) < 4.78 is 0. The molecule has 3 heteroatoms. The summed E-state index contributed by atoms with van der Waals surface area (Å²) in [5.74, 6) is 1.61. The zero-order valence-corrected chi connectivity index (χ0v) is 9.33. The van der Waals surface area contributed by atoms with Gasteiger partial charge < -0.3 is 4.90 Å². The predicted octanol–water partition coefficient (Wildman–Crippen LogP) is 2.45. The van der Waals surface area contributed by atoms with Crippen molar-refractivity contribution in [3.05, 3.63) is 23.9 Å². The van der Waals surface area contributed by atoms with E-state index >= 15 is 0 Å². The second kappa shape index (κ2) is 3.77. The average Bonchev–Trinajstić information content (AvgIpc) is 2.47. The predicted molar refractivity (Wildman–Crippen MR) is 60.0 cm³/mol. The molecule has 2 atom stereocenters. The molecular formula is C11H15ClN2. The highest BCUT2D eigenvalue weighted by Gasteiger charge is 2.28. The Morgan fingerprint density at radius 1 is 1.50 bits per heavy atom. The molecule has 1 aromatic rings. The topological polar surface area (TPSA) is 16.1 Å². The van der Waals surface area contributed by atoms with E-state index < -0.39 is 0 Å². The van der Waals surface area contributed by atoms with Gasteiger partial charge in [-0.1, -0.05) is 6.92 Å². The Bertz CT molecular complexity index is 317. The molecule has 1 aromatic heterocycles. The first-order valence-corrected chi connectivity index (χ1v) is 5.42. The molecule has 0 N–H and O–H groups in total. The van der Waals surface area contributed by atoms with Gasteiger partial charge in [0.25, 0.3) is 0 Å². The fourth-order valence-electron chi connectivity index (χ4n) is 1.81. The van der Waals surface area contributed by atoms with Gasteiger partial charge in [-0.3, -0.25) is 0 Å². The van der Waals surface area contributed by atoms with Gasteiger partial charge in [0.15, 0.2) is 0 Å². The molecule has 0 spiro atoms. The maximum atomic E-state index is 6.18. The molecule has 1 aliphatic rings. The first kappa shape index (κ1) is 9.78. The highest BCUT2D eigenvalue weighted by atomic mass is 35.5. The van der Waals surface area contributed by atoms with Crippen molar-refractivity contribution in [2.24, 2.45) is 5.92 Å². The minimum atomic E-state index is 0.261. The number of anilines is 1. The van der Waals surface area contributed by atoms with Crippen LogP contribution in [0.1, 0.15) is 12.5 Å². The van der Waals surface area contributed by atoms with Crippen LogP contribution in [0.25, 0.3) is 0 Å². The normalized spacial score (nSPS) is 26.9. The van der Waals surface area contributed by atoms with E-state index in [0.717, 1.165) is 18.9 Å². The van der Waals surface area contributed by atoms with E-state index in [-0.39, 0.29) is 5.38 Å². The summed E-state index contributed by atoms with van der Waals surface area (Å²) in [7, 11) is 0. The van der Waals surface area contributed by atoms with Crippen molar-refractivity contribution in [1.82, 2.24) is 4.98 Å². The van der Waals surface area contributed by atoms with Crippen LogP contribution >= 0.6 is 11.6 Å². The number of aromatic nitrogens is 1. The minimum absolute atomic E-state index is 0.261. The number of rotatable bonds is 1. The summed E-state index contributed by atoms with van der Waals surface area (Å²) in [6.07, 6.45) is 1.86. The van der Waals surface area contributed by atoms with E-state index in [4.69, 9.17) is 11.6 Å². The van der Waals surface area contributed by atoms with Gasteiger partial charge in [0.1, 0.15) is 5.82 Å². The van der Waals surface area contributed by atoms with Gasteiger partial charge in [0.2, 0.25) is 0 Å². The molecule has 0 bridgehead atoms. The second-order valence-corrected chi connectivity index (χ2v) is 4.65. The summed E-state index contributed by atoms with van der Waals surface area (Å²) in [5, 5.41) is 0.261. The van der Waals surface area contributed by atoms with Gasteiger partial charge in [-0.25, -0.2) is 4.98 Å². The molecule has 2 rings (SSSR count). The molecular weight excluding hydrogens is 196 g/mol. The van der Waals surface area contributed by atoms with Crippen LogP contribution in [-0.4, -0.2) is 23.5 Å². The number of halogens is 1. The van der Waals surface area contributed by atoms with E-state index in [1.807, 2.05) is 12.3 Å². The van der Waals surface area contributed by atoms with Gasteiger partial charge in [-0.15, -0.1) is 11.6 Å². The van der Waals surface area contributed by atoms with Crippen molar-refractivity contribution >= 4 is 17.4 Å². The van der Waals surface area contributed by atoms with Gasteiger partial charge in [0.05, 0.1) is 5.38 Å². The lowest BCUT2D eigenvalue weighted by molar-refractivity contribution is 0.666. The number of nitrogens with zero attached hydrogens (tertiary/aromatic N) is 2. The lowest BCUT2D eigenvalue weighted by Crippen LogP contribution is -2.20. The van der Waals surface area contributed by atoms with Crippen molar-refractivity contribution in [2.45, 2.75) is 19.2 Å². The van der Waals surface area contributed by atoms with Crippen LogP contribution in [-0.2, 0) is 0 Å². The Morgan fingerprint density at radius 2 is 2.29 bits per heavy atom. The zero-order valence-electron chi connectivity index (χ0n) is 8.57. The van der Waals surface area contributed by atoms with Crippen LogP contribution in [0.4, 0.5) is 5.82 Å². The quantitative estimate of drug-likeness (QED) is 0.662. The SMILES string of the molecule is Cc1ccnc(N2CC(C)C(Cl)C2)c1. The van der Waals surface area contributed by atoms with E-state index in [9.17, 15) is 0 Å². The monoisotopic (exact) mass is 210 g/mol. The Balaban J connectivity index is 2.17. The van der Waals surface area contributed by atoms with E-state index in [2.05, 4.69) is 29.8 Å². The fourth-order valence-corrected chi connectivity index (χ4v) is 2.05. The summed E-state index contributed by atoms with van der Waals surface area (Å²) >= 11 is 6.18. The molecule has 2 nitrogen and oxygen atoms in total. The second-order valence-electron chi connectivity index (χ2n) is 4.09. The Kier molecular flexibility index (Phi) is 2.64. The molecule has 0 aliphatic carbocycles. The lowest BCUT2D eigenvalue weighted by atomic mass is 10.2. The maximum absolute atomic E-state index is 6.18. The third-order valence-corrected chi connectivity index (χ3v) is 3.31. The van der Waals surface area contributed by atoms with Crippen molar-refractivity contribution in [3.8, 4) is 0 Å². The van der Waals surface area contributed by atoms with Crippen molar-refractivity contribution < 1.29 is 0 Å². The van der Waals surface area contributed by atoms with Crippen LogP contribution in [0.2, 0.25) is 0 Å². The summed E-state index contributed by atoms with van der Waals surface area (Å²) in [4.78, 5) is 6.62. The van der Waals surface area contributed by atoms with E-state index in [0.29, 0.717) is 5.92 Å². The molecule has 14 heavy (non-hydrogen) atoms. The Morgan fingerprint density at radius 3 is 2.86 bits per heavy atom. The molecule has 1 saturated heterocycles. The lowest BCUT2D eigenvalue weighted by Gasteiger charge is -2.16. The summed E-state index contributed by atoms with van der Waals surface area (Å²) in [5.41, 5.74) is 1.25. The number of pyridine rings is 1. The summed E-state index contributed by atoms with van der Waals surface area (Å²) in [6, 6.07) is 4.13. The Hall–Kier alpha value is -0.760. The van der Waals surface area contributed by atoms with Gasteiger partial charge in [-0.2, -0.15) is 0 Å². The van der Waals surface area contributed by atoms with Crippen LogP contribution in [0.15, 0.2) is 18.3 Å².